The monoisotopic (exact) mass is 355 g/mol. The predicted molar refractivity (Wildman–Crippen MR) is 85.2 cm³/mol. The Bertz CT molecular complexity index is 651. The van der Waals surface area contributed by atoms with E-state index in [1.165, 1.54) is 0 Å². The number of aromatic nitrogens is 1. The third-order valence-electron chi connectivity index (χ3n) is 3.01. The largest absolute Gasteiger partial charge is 0.368 e. The van der Waals surface area contributed by atoms with Gasteiger partial charge in [0.15, 0.2) is 23.3 Å². The van der Waals surface area contributed by atoms with Crippen molar-refractivity contribution in [3.8, 4) is 0 Å². The number of benzene rings is 1. The molecule has 6 heteroatoms. The average Bonchev–Trinajstić information content (AvgIpc) is 2.38. The summed E-state index contributed by atoms with van der Waals surface area (Å²) in [7, 11) is 0. The first-order valence-electron chi connectivity index (χ1n) is 6.56. The van der Waals surface area contributed by atoms with Gasteiger partial charge in [0.1, 0.15) is 0 Å². The maximum Gasteiger partial charge on any atom is 0.169 e. The molecule has 0 fully saturated rings. The van der Waals surface area contributed by atoms with E-state index in [0.717, 1.165) is 27.4 Å². The molecular weight excluding hydrogens is 340 g/mol. The number of hydrogen-bond donors (Lipinski definition) is 2. The van der Waals surface area contributed by atoms with E-state index in [0.29, 0.717) is 6.54 Å². The van der Waals surface area contributed by atoms with Crippen LogP contribution < -0.4 is 10.6 Å². The quantitative estimate of drug-likeness (QED) is 0.817. The second-order valence-electron chi connectivity index (χ2n) is 4.72. The highest BCUT2D eigenvalue weighted by molar-refractivity contribution is 9.10. The Balaban J connectivity index is 2.42. The Morgan fingerprint density at radius 2 is 1.62 bits per heavy atom. The van der Waals surface area contributed by atoms with Crippen LogP contribution in [-0.2, 0) is 0 Å². The molecule has 1 aromatic heterocycles. The standard InChI is InChI=1S/C15H16BrF2N3/c1-4-19-14-11(17)7-12(18)15(21-14)20-13-8(2)5-10(16)6-9(13)3/h5-7H,4H2,1-3H3,(H2,19,20,21). The van der Waals surface area contributed by atoms with E-state index in [-0.39, 0.29) is 11.6 Å². The minimum Gasteiger partial charge on any atom is -0.368 e. The maximum atomic E-state index is 13.9. The molecule has 0 atom stereocenters. The van der Waals surface area contributed by atoms with Gasteiger partial charge in [0.25, 0.3) is 0 Å². The third-order valence-corrected chi connectivity index (χ3v) is 3.47. The van der Waals surface area contributed by atoms with Gasteiger partial charge < -0.3 is 10.6 Å². The van der Waals surface area contributed by atoms with Gasteiger partial charge in [-0.25, -0.2) is 13.8 Å². The minimum absolute atomic E-state index is 0.000808. The lowest BCUT2D eigenvalue weighted by Crippen LogP contribution is -2.07. The molecule has 3 nitrogen and oxygen atoms in total. The molecule has 112 valence electrons. The summed E-state index contributed by atoms with van der Waals surface area (Å²) >= 11 is 3.41. The van der Waals surface area contributed by atoms with Crippen molar-refractivity contribution in [1.29, 1.82) is 0 Å². The highest BCUT2D eigenvalue weighted by atomic mass is 79.9. The van der Waals surface area contributed by atoms with Gasteiger partial charge in [-0.05, 0) is 44.0 Å². The van der Waals surface area contributed by atoms with Gasteiger partial charge >= 0.3 is 0 Å². The molecule has 0 bridgehead atoms. The molecule has 0 aliphatic carbocycles. The fraction of sp³-hybridized carbons (Fsp3) is 0.267. The van der Waals surface area contributed by atoms with Crippen molar-refractivity contribution in [3.63, 3.8) is 0 Å². The van der Waals surface area contributed by atoms with Gasteiger partial charge in [0.05, 0.1) is 0 Å². The minimum atomic E-state index is -0.726. The van der Waals surface area contributed by atoms with Crippen LogP contribution in [0.2, 0.25) is 0 Å². The number of hydrogen-bond acceptors (Lipinski definition) is 3. The normalized spacial score (nSPS) is 10.6. The van der Waals surface area contributed by atoms with Gasteiger partial charge in [-0.1, -0.05) is 15.9 Å². The Morgan fingerprint density at radius 1 is 1.05 bits per heavy atom. The Morgan fingerprint density at radius 3 is 2.19 bits per heavy atom. The first-order chi connectivity index (χ1) is 9.92. The average molecular weight is 356 g/mol. The number of halogens is 3. The second-order valence-corrected chi connectivity index (χ2v) is 5.63. The van der Waals surface area contributed by atoms with Crippen molar-refractivity contribution < 1.29 is 8.78 Å². The first kappa shape index (κ1) is 15.7. The van der Waals surface area contributed by atoms with E-state index in [1.54, 1.807) is 0 Å². The number of nitrogens with one attached hydrogen (secondary N) is 2. The summed E-state index contributed by atoms with van der Waals surface area (Å²) in [4.78, 5) is 3.98. The molecule has 2 rings (SSSR count). The van der Waals surface area contributed by atoms with Crippen LogP contribution in [0.3, 0.4) is 0 Å². The van der Waals surface area contributed by atoms with Crippen molar-refractivity contribution in [2.75, 3.05) is 17.2 Å². The van der Waals surface area contributed by atoms with Gasteiger partial charge in [0.2, 0.25) is 0 Å². The summed E-state index contributed by atoms with van der Waals surface area (Å²) in [5, 5.41) is 5.72. The summed E-state index contributed by atoms with van der Waals surface area (Å²) in [6.07, 6.45) is 0. The van der Waals surface area contributed by atoms with Crippen LogP contribution >= 0.6 is 15.9 Å². The molecule has 0 aliphatic heterocycles. The van der Waals surface area contributed by atoms with E-state index in [1.807, 2.05) is 32.9 Å². The number of aryl methyl sites for hydroxylation is 2. The van der Waals surface area contributed by atoms with E-state index in [4.69, 9.17) is 0 Å². The van der Waals surface area contributed by atoms with Crippen LogP contribution in [0, 0.1) is 25.5 Å². The van der Waals surface area contributed by atoms with Crippen LogP contribution in [0.4, 0.5) is 26.1 Å². The Kier molecular flexibility index (Phi) is 4.77. The highest BCUT2D eigenvalue weighted by Crippen LogP contribution is 2.29. The number of anilines is 3. The fourth-order valence-corrected chi connectivity index (χ4v) is 2.76. The van der Waals surface area contributed by atoms with Crippen molar-refractivity contribution in [2.45, 2.75) is 20.8 Å². The second kappa shape index (κ2) is 6.39. The van der Waals surface area contributed by atoms with E-state index in [9.17, 15) is 8.78 Å². The lowest BCUT2D eigenvalue weighted by atomic mass is 10.1. The predicted octanol–water partition coefficient (Wildman–Crippen LogP) is 4.91. The fourth-order valence-electron chi connectivity index (χ4n) is 2.07. The zero-order valence-electron chi connectivity index (χ0n) is 12.0. The van der Waals surface area contributed by atoms with E-state index in [2.05, 4.69) is 31.5 Å². The zero-order chi connectivity index (χ0) is 15.6. The van der Waals surface area contributed by atoms with Crippen molar-refractivity contribution in [3.05, 3.63) is 45.4 Å². The number of rotatable bonds is 4. The molecule has 0 saturated heterocycles. The van der Waals surface area contributed by atoms with Gasteiger partial charge in [0, 0.05) is 22.8 Å². The summed E-state index contributed by atoms with van der Waals surface area (Å²) in [5.74, 6) is -1.39. The van der Waals surface area contributed by atoms with Crippen LogP contribution in [0.5, 0.6) is 0 Å². The molecule has 0 spiro atoms. The summed E-state index contributed by atoms with van der Waals surface area (Å²) in [6, 6.07) is 4.67. The molecule has 0 saturated carbocycles. The zero-order valence-corrected chi connectivity index (χ0v) is 13.6. The van der Waals surface area contributed by atoms with Crippen LogP contribution in [0.1, 0.15) is 18.1 Å². The van der Waals surface area contributed by atoms with E-state index < -0.39 is 11.6 Å². The number of pyridine rings is 1. The third kappa shape index (κ3) is 3.50. The topological polar surface area (TPSA) is 37.0 Å². The van der Waals surface area contributed by atoms with Crippen LogP contribution in [0.25, 0.3) is 0 Å². The molecule has 0 amide bonds. The molecule has 1 aromatic carbocycles. The molecule has 2 aromatic rings. The smallest absolute Gasteiger partial charge is 0.169 e. The van der Waals surface area contributed by atoms with Gasteiger partial charge in [-0.3, -0.25) is 0 Å². The number of nitrogens with zero attached hydrogens (tertiary/aromatic N) is 1. The molecule has 21 heavy (non-hydrogen) atoms. The van der Waals surface area contributed by atoms with Crippen molar-refractivity contribution >= 4 is 33.3 Å². The molecular formula is C15H16BrF2N3. The molecule has 1 heterocycles. The summed E-state index contributed by atoms with van der Waals surface area (Å²) < 4.78 is 28.4. The Hall–Kier alpha value is -1.69. The van der Waals surface area contributed by atoms with Gasteiger partial charge in [-0.15, -0.1) is 0 Å². The first-order valence-corrected chi connectivity index (χ1v) is 7.35. The Labute approximate surface area is 130 Å². The lowest BCUT2D eigenvalue weighted by Gasteiger charge is -2.14. The highest BCUT2D eigenvalue weighted by Gasteiger charge is 2.13. The van der Waals surface area contributed by atoms with Gasteiger partial charge in [-0.2, -0.15) is 0 Å². The maximum absolute atomic E-state index is 13.9. The van der Waals surface area contributed by atoms with Crippen LogP contribution in [0.15, 0.2) is 22.7 Å². The lowest BCUT2D eigenvalue weighted by molar-refractivity contribution is 0.579. The molecule has 0 unspecified atom stereocenters. The van der Waals surface area contributed by atoms with Crippen LogP contribution in [-0.4, -0.2) is 11.5 Å². The molecule has 0 radical (unpaired) electrons. The molecule has 2 N–H and O–H groups in total. The molecule has 0 aliphatic rings. The van der Waals surface area contributed by atoms with Crippen molar-refractivity contribution in [2.24, 2.45) is 0 Å². The van der Waals surface area contributed by atoms with Crippen molar-refractivity contribution in [1.82, 2.24) is 4.98 Å². The SMILES string of the molecule is CCNc1nc(Nc2c(C)cc(Br)cc2C)c(F)cc1F. The summed E-state index contributed by atoms with van der Waals surface area (Å²) in [5.41, 5.74) is 2.65. The summed E-state index contributed by atoms with van der Waals surface area (Å²) in [6.45, 7) is 6.14. The van der Waals surface area contributed by atoms with E-state index >= 15 is 0 Å².